The number of halogens is 1. The Morgan fingerprint density at radius 1 is 1.30 bits per heavy atom. The number of methoxy groups -OCH3 is 1. The summed E-state index contributed by atoms with van der Waals surface area (Å²) in [5, 5.41) is 5.45. The lowest BCUT2D eigenvalue weighted by atomic mass is 10.5. The minimum absolute atomic E-state index is 0.376. The van der Waals surface area contributed by atoms with Crippen molar-refractivity contribution >= 4 is 29.2 Å². The first-order valence-electron chi connectivity index (χ1n) is 6.11. The zero-order chi connectivity index (χ0) is 14.4. The number of nitrogens with one attached hydrogen (secondary N) is 1. The normalized spacial score (nSPS) is 10.6. The predicted octanol–water partition coefficient (Wildman–Crippen LogP) is 3.25. The molecule has 0 aromatic carbocycles. The number of nitrogens with zero attached hydrogens (tertiary/aromatic N) is 3. The van der Waals surface area contributed by atoms with Crippen LogP contribution < -0.4 is 5.32 Å². The smallest absolute Gasteiger partial charge is 0.157 e. The monoisotopic (exact) mass is 310 g/mol. The number of hydrogen-bond donors (Lipinski definition) is 1. The molecule has 0 spiro atoms. The highest BCUT2D eigenvalue weighted by Crippen LogP contribution is 2.26. The van der Waals surface area contributed by atoms with Gasteiger partial charge in [0.05, 0.1) is 5.02 Å². The fraction of sp³-hybridized carbons (Fsp3) is 0.308. The molecule has 0 fully saturated rings. The molecule has 0 bridgehead atoms. The number of aromatic nitrogens is 3. The summed E-state index contributed by atoms with van der Waals surface area (Å²) in [6, 6.07) is 5.56. The first-order chi connectivity index (χ1) is 9.71. The highest BCUT2D eigenvalue weighted by atomic mass is 35.5. The molecule has 1 N–H and O–H groups in total. The van der Waals surface area contributed by atoms with Crippen molar-refractivity contribution in [2.75, 3.05) is 19.0 Å². The number of hydrogen-bond acceptors (Lipinski definition) is 6. The highest BCUT2D eigenvalue weighted by Gasteiger charge is 2.07. The molecule has 0 aliphatic carbocycles. The molecule has 0 aliphatic heterocycles. The van der Waals surface area contributed by atoms with Gasteiger partial charge in [0.2, 0.25) is 0 Å². The zero-order valence-corrected chi connectivity index (χ0v) is 12.8. The van der Waals surface area contributed by atoms with E-state index in [1.165, 1.54) is 11.8 Å². The molecule has 2 heterocycles. The molecule has 0 unspecified atom stereocenters. The van der Waals surface area contributed by atoms with Crippen molar-refractivity contribution in [2.45, 2.75) is 23.6 Å². The lowest BCUT2D eigenvalue weighted by Gasteiger charge is -2.08. The van der Waals surface area contributed by atoms with E-state index in [4.69, 9.17) is 16.3 Å². The third-order valence-electron chi connectivity index (χ3n) is 2.29. The summed E-state index contributed by atoms with van der Waals surface area (Å²) in [6.07, 6.45) is 1.62. The van der Waals surface area contributed by atoms with Crippen LogP contribution in [0.1, 0.15) is 12.7 Å². The molecule has 5 nitrogen and oxygen atoms in total. The van der Waals surface area contributed by atoms with E-state index < -0.39 is 0 Å². The summed E-state index contributed by atoms with van der Waals surface area (Å²) in [4.78, 5) is 13.0. The molecule has 0 aliphatic rings. The number of anilines is 1. The van der Waals surface area contributed by atoms with Crippen LogP contribution in [-0.4, -0.2) is 28.6 Å². The molecule has 20 heavy (non-hydrogen) atoms. The van der Waals surface area contributed by atoms with Crippen molar-refractivity contribution in [3.05, 3.63) is 35.2 Å². The van der Waals surface area contributed by atoms with Gasteiger partial charge >= 0.3 is 0 Å². The van der Waals surface area contributed by atoms with Crippen molar-refractivity contribution in [3.63, 3.8) is 0 Å². The standard InChI is InChI=1S/C13H15ClN4OS/c1-3-15-10-6-13(18-11(17-10)8-19-2)20-12-5-4-9(14)7-16-12/h4-7H,3,8H2,1-2H3,(H,15,17,18). The SMILES string of the molecule is CCNc1cc(Sc2ccc(Cl)cn2)nc(COC)n1. The van der Waals surface area contributed by atoms with Gasteiger partial charge in [-0.3, -0.25) is 0 Å². The van der Waals surface area contributed by atoms with E-state index in [0.29, 0.717) is 17.5 Å². The fourth-order valence-corrected chi connectivity index (χ4v) is 2.41. The van der Waals surface area contributed by atoms with Gasteiger partial charge in [0.15, 0.2) is 5.82 Å². The molecular formula is C13H15ClN4OS. The summed E-state index contributed by atoms with van der Waals surface area (Å²) in [5.74, 6) is 1.42. The Morgan fingerprint density at radius 2 is 2.15 bits per heavy atom. The van der Waals surface area contributed by atoms with Gasteiger partial charge in [-0.05, 0) is 30.8 Å². The van der Waals surface area contributed by atoms with Gasteiger partial charge in [-0.1, -0.05) is 11.6 Å². The van der Waals surface area contributed by atoms with Crippen molar-refractivity contribution in [2.24, 2.45) is 0 Å². The Hall–Kier alpha value is -1.37. The van der Waals surface area contributed by atoms with Gasteiger partial charge < -0.3 is 10.1 Å². The average molecular weight is 311 g/mol. The third kappa shape index (κ3) is 4.33. The van der Waals surface area contributed by atoms with Gasteiger partial charge in [0.25, 0.3) is 0 Å². The Kier molecular flexibility index (Phi) is 5.58. The van der Waals surface area contributed by atoms with Crippen molar-refractivity contribution in [3.8, 4) is 0 Å². The summed E-state index contributed by atoms with van der Waals surface area (Å²) in [7, 11) is 1.62. The molecule has 7 heteroatoms. The van der Waals surface area contributed by atoms with Gasteiger partial charge in [0, 0.05) is 25.9 Å². The zero-order valence-electron chi connectivity index (χ0n) is 11.3. The third-order valence-corrected chi connectivity index (χ3v) is 3.38. The molecule has 2 rings (SSSR count). The molecule has 106 valence electrons. The van der Waals surface area contributed by atoms with Gasteiger partial charge in [-0.15, -0.1) is 0 Å². The molecule has 2 aromatic heterocycles. The summed E-state index contributed by atoms with van der Waals surface area (Å²) in [5.41, 5.74) is 0. The van der Waals surface area contributed by atoms with Crippen LogP contribution in [-0.2, 0) is 11.3 Å². The average Bonchev–Trinajstić information content (AvgIpc) is 2.42. The largest absolute Gasteiger partial charge is 0.377 e. The fourth-order valence-electron chi connectivity index (χ4n) is 1.52. The van der Waals surface area contributed by atoms with E-state index >= 15 is 0 Å². The summed E-state index contributed by atoms with van der Waals surface area (Å²) < 4.78 is 5.09. The molecule has 0 radical (unpaired) electrons. The Balaban J connectivity index is 2.22. The second-order valence-electron chi connectivity index (χ2n) is 3.89. The lowest BCUT2D eigenvalue weighted by molar-refractivity contribution is 0.177. The first-order valence-corrected chi connectivity index (χ1v) is 7.31. The maximum absolute atomic E-state index is 5.82. The van der Waals surface area contributed by atoms with Crippen molar-refractivity contribution < 1.29 is 4.74 Å². The van der Waals surface area contributed by atoms with Crippen LogP contribution >= 0.6 is 23.4 Å². The van der Waals surface area contributed by atoms with Crippen molar-refractivity contribution in [1.29, 1.82) is 0 Å². The predicted molar refractivity (Wildman–Crippen MR) is 80.3 cm³/mol. The van der Waals surface area contributed by atoms with Crippen LogP contribution in [0.25, 0.3) is 0 Å². The van der Waals surface area contributed by atoms with Crippen LogP contribution in [0.2, 0.25) is 5.02 Å². The molecule has 2 aromatic rings. The molecule has 0 saturated heterocycles. The van der Waals surface area contributed by atoms with Gasteiger partial charge in [-0.2, -0.15) is 0 Å². The second kappa shape index (κ2) is 7.42. The van der Waals surface area contributed by atoms with E-state index in [9.17, 15) is 0 Å². The first kappa shape index (κ1) is 15.0. The summed E-state index contributed by atoms with van der Waals surface area (Å²) >= 11 is 7.28. The van der Waals surface area contributed by atoms with Gasteiger partial charge in [-0.25, -0.2) is 15.0 Å². The molecule has 0 saturated carbocycles. The Labute approximate surface area is 127 Å². The molecular weight excluding hydrogens is 296 g/mol. The Bertz CT molecular complexity index is 541. The highest BCUT2D eigenvalue weighted by molar-refractivity contribution is 7.99. The van der Waals surface area contributed by atoms with Gasteiger partial charge in [0.1, 0.15) is 22.5 Å². The topological polar surface area (TPSA) is 59.9 Å². The maximum atomic E-state index is 5.82. The van der Waals surface area contributed by atoms with Crippen LogP contribution in [0.4, 0.5) is 5.82 Å². The quantitative estimate of drug-likeness (QED) is 0.826. The van der Waals surface area contributed by atoms with E-state index in [2.05, 4.69) is 20.3 Å². The molecule has 0 amide bonds. The number of ether oxygens (including phenoxy) is 1. The van der Waals surface area contributed by atoms with Crippen LogP contribution in [0, 0.1) is 0 Å². The van der Waals surface area contributed by atoms with E-state index in [-0.39, 0.29) is 0 Å². The van der Waals surface area contributed by atoms with Crippen molar-refractivity contribution in [1.82, 2.24) is 15.0 Å². The molecule has 0 atom stereocenters. The van der Waals surface area contributed by atoms with Crippen LogP contribution in [0.5, 0.6) is 0 Å². The van der Waals surface area contributed by atoms with E-state index in [1.54, 1.807) is 19.4 Å². The van der Waals surface area contributed by atoms with E-state index in [0.717, 1.165) is 22.4 Å². The Morgan fingerprint density at radius 3 is 2.80 bits per heavy atom. The minimum Gasteiger partial charge on any atom is -0.377 e. The second-order valence-corrected chi connectivity index (χ2v) is 5.36. The summed E-state index contributed by atoms with van der Waals surface area (Å²) in [6.45, 7) is 3.19. The lowest BCUT2D eigenvalue weighted by Crippen LogP contribution is -2.05. The number of rotatable bonds is 6. The maximum Gasteiger partial charge on any atom is 0.157 e. The minimum atomic E-state index is 0.376. The van der Waals surface area contributed by atoms with Crippen LogP contribution in [0.15, 0.2) is 34.4 Å². The van der Waals surface area contributed by atoms with E-state index in [1.807, 2.05) is 19.1 Å². The number of pyridine rings is 1. The van der Waals surface area contributed by atoms with Crippen LogP contribution in [0.3, 0.4) is 0 Å².